The van der Waals surface area contributed by atoms with Crippen LogP contribution in [0.3, 0.4) is 0 Å². The van der Waals surface area contributed by atoms with E-state index in [1.54, 1.807) is 12.1 Å². The Bertz CT molecular complexity index is 686. The molecule has 0 radical (unpaired) electrons. The average Bonchev–Trinajstić information content (AvgIpc) is 2.58. The van der Waals surface area contributed by atoms with Crippen LogP contribution in [0, 0.1) is 0 Å². The smallest absolute Gasteiger partial charge is 0.273 e. The van der Waals surface area contributed by atoms with Crippen molar-refractivity contribution in [2.24, 2.45) is 5.10 Å². The summed E-state index contributed by atoms with van der Waals surface area (Å²) in [6.07, 6.45) is 0.722. The van der Waals surface area contributed by atoms with Crippen LogP contribution in [0.25, 0.3) is 0 Å². The van der Waals surface area contributed by atoms with Gasteiger partial charge in [0, 0.05) is 7.11 Å². The average molecular weight is 314 g/mol. The van der Waals surface area contributed by atoms with Crippen LogP contribution in [-0.4, -0.2) is 31.4 Å². The molecule has 0 saturated heterocycles. The van der Waals surface area contributed by atoms with Crippen molar-refractivity contribution in [2.45, 2.75) is 6.10 Å². The molecule has 0 aliphatic carbocycles. The van der Waals surface area contributed by atoms with Gasteiger partial charge < -0.3 is 14.6 Å². The second-order valence-electron chi connectivity index (χ2n) is 4.69. The fourth-order valence-corrected chi connectivity index (χ4v) is 2.03. The fourth-order valence-electron chi connectivity index (χ4n) is 2.03. The molecule has 0 heterocycles. The van der Waals surface area contributed by atoms with Crippen LogP contribution in [0.15, 0.2) is 53.6 Å². The van der Waals surface area contributed by atoms with Gasteiger partial charge in [0.1, 0.15) is 0 Å². The minimum atomic E-state index is -0.734. The maximum Gasteiger partial charge on any atom is 0.273 e. The lowest BCUT2D eigenvalue weighted by Gasteiger charge is -2.13. The molecule has 2 aromatic carbocycles. The largest absolute Gasteiger partial charge is 0.504 e. The van der Waals surface area contributed by atoms with Gasteiger partial charge in [0.2, 0.25) is 0 Å². The van der Waals surface area contributed by atoms with Gasteiger partial charge in [0.25, 0.3) is 5.91 Å². The molecule has 0 saturated carbocycles. The van der Waals surface area contributed by atoms with Gasteiger partial charge in [-0.1, -0.05) is 30.3 Å². The molecular weight excluding hydrogens is 296 g/mol. The third-order valence-corrected chi connectivity index (χ3v) is 3.17. The van der Waals surface area contributed by atoms with Crippen LogP contribution < -0.4 is 10.2 Å². The van der Waals surface area contributed by atoms with E-state index in [-0.39, 0.29) is 11.7 Å². The molecule has 0 fully saturated rings. The number of nitrogens with one attached hydrogen (secondary N) is 1. The Balaban J connectivity index is 2.03. The number of carbonyl (C=O) groups is 1. The first-order valence-corrected chi connectivity index (χ1v) is 6.93. The summed E-state index contributed by atoms with van der Waals surface area (Å²) in [5.74, 6) is -0.00256. The molecule has 0 bridgehead atoms. The SMILES string of the molecule is COc1cc(/C=N\NC(=O)[C@@H](OC)c2ccccc2)ccc1O. The number of amides is 1. The third kappa shape index (κ3) is 4.31. The maximum atomic E-state index is 12.1. The van der Waals surface area contributed by atoms with Gasteiger partial charge in [-0.2, -0.15) is 5.10 Å². The molecule has 0 spiro atoms. The molecule has 6 nitrogen and oxygen atoms in total. The third-order valence-electron chi connectivity index (χ3n) is 3.17. The molecule has 2 rings (SSSR count). The summed E-state index contributed by atoms with van der Waals surface area (Å²) in [6.45, 7) is 0. The highest BCUT2D eigenvalue weighted by Crippen LogP contribution is 2.25. The Morgan fingerprint density at radius 2 is 1.96 bits per heavy atom. The summed E-state index contributed by atoms with van der Waals surface area (Å²) in [5.41, 5.74) is 3.85. The van der Waals surface area contributed by atoms with E-state index < -0.39 is 6.10 Å². The van der Waals surface area contributed by atoms with Crippen molar-refractivity contribution in [1.82, 2.24) is 5.43 Å². The molecule has 1 atom stereocenters. The summed E-state index contributed by atoms with van der Waals surface area (Å²) in [5, 5.41) is 13.4. The van der Waals surface area contributed by atoms with E-state index in [2.05, 4.69) is 10.5 Å². The number of hydrogen-bond acceptors (Lipinski definition) is 5. The molecule has 2 N–H and O–H groups in total. The van der Waals surface area contributed by atoms with Crippen molar-refractivity contribution in [2.75, 3.05) is 14.2 Å². The second kappa shape index (κ2) is 7.95. The summed E-state index contributed by atoms with van der Waals surface area (Å²) < 4.78 is 10.2. The van der Waals surface area contributed by atoms with Crippen LogP contribution in [0.5, 0.6) is 11.5 Å². The first kappa shape index (κ1) is 16.5. The number of benzene rings is 2. The number of phenolic OH excluding ortho intramolecular Hbond substituents is 1. The summed E-state index contributed by atoms with van der Waals surface area (Å²) in [7, 11) is 2.92. The predicted molar refractivity (Wildman–Crippen MR) is 86.6 cm³/mol. The van der Waals surface area contributed by atoms with Crippen molar-refractivity contribution in [1.29, 1.82) is 0 Å². The number of rotatable bonds is 6. The molecule has 0 unspecified atom stereocenters. The van der Waals surface area contributed by atoms with Crippen molar-refractivity contribution >= 4 is 12.1 Å². The highest BCUT2D eigenvalue weighted by Gasteiger charge is 2.19. The Kier molecular flexibility index (Phi) is 5.71. The lowest BCUT2D eigenvalue weighted by atomic mass is 10.1. The Morgan fingerprint density at radius 3 is 2.61 bits per heavy atom. The molecular formula is C17H18N2O4. The molecule has 2 aromatic rings. The van der Waals surface area contributed by atoms with Gasteiger partial charge in [0.05, 0.1) is 13.3 Å². The van der Waals surface area contributed by atoms with E-state index in [1.807, 2.05) is 30.3 Å². The van der Waals surface area contributed by atoms with Gasteiger partial charge in [-0.05, 0) is 29.3 Å². The zero-order chi connectivity index (χ0) is 16.7. The normalized spacial score (nSPS) is 12.1. The number of phenols is 1. The quantitative estimate of drug-likeness (QED) is 0.633. The van der Waals surface area contributed by atoms with E-state index >= 15 is 0 Å². The van der Waals surface area contributed by atoms with Gasteiger partial charge in [0.15, 0.2) is 17.6 Å². The minimum Gasteiger partial charge on any atom is -0.504 e. The number of methoxy groups -OCH3 is 2. The van der Waals surface area contributed by atoms with Gasteiger partial charge in [-0.3, -0.25) is 4.79 Å². The number of ether oxygens (including phenoxy) is 2. The monoisotopic (exact) mass is 314 g/mol. The van der Waals surface area contributed by atoms with Crippen molar-refractivity contribution < 1.29 is 19.4 Å². The molecule has 120 valence electrons. The lowest BCUT2D eigenvalue weighted by Crippen LogP contribution is -2.26. The van der Waals surface area contributed by atoms with Gasteiger partial charge in [-0.25, -0.2) is 5.43 Å². The standard InChI is InChI=1S/C17H18N2O4/c1-22-15-10-12(8-9-14(15)20)11-18-19-17(21)16(23-2)13-6-4-3-5-7-13/h3-11,16,20H,1-2H3,(H,19,21)/b18-11-/t16-/m0/s1. The zero-order valence-corrected chi connectivity index (χ0v) is 12.9. The lowest BCUT2D eigenvalue weighted by molar-refractivity contribution is -0.131. The van der Waals surface area contributed by atoms with Crippen molar-refractivity contribution in [3.63, 3.8) is 0 Å². The Labute approximate surface area is 134 Å². The summed E-state index contributed by atoms with van der Waals surface area (Å²) in [4.78, 5) is 12.1. The molecule has 23 heavy (non-hydrogen) atoms. The molecule has 1 amide bonds. The molecule has 0 aliphatic heterocycles. The van der Waals surface area contributed by atoms with Crippen LogP contribution in [-0.2, 0) is 9.53 Å². The van der Waals surface area contributed by atoms with Crippen LogP contribution in [0.1, 0.15) is 17.2 Å². The second-order valence-corrected chi connectivity index (χ2v) is 4.69. The van der Waals surface area contributed by atoms with Gasteiger partial charge >= 0.3 is 0 Å². The molecule has 0 aromatic heterocycles. The predicted octanol–water partition coefficient (Wildman–Crippen LogP) is 2.24. The highest BCUT2D eigenvalue weighted by molar-refractivity contribution is 5.85. The maximum absolute atomic E-state index is 12.1. The van der Waals surface area contributed by atoms with Crippen molar-refractivity contribution in [3.05, 3.63) is 59.7 Å². The first-order valence-electron chi connectivity index (χ1n) is 6.93. The van der Waals surface area contributed by atoms with E-state index in [1.165, 1.54) is 26.5 Å². The summed E-state index contributed by atoms with van der Waals surface area (Å²) >= 11 is 0. The Morgan fingerprint density at radius 1 is 1.22 bits per heavy atom. The Hall–Kier alpha value is -2.86. The van der Waals surface area contributed by atoms with E-state index in [0.29, 0.717) is 11.3 Å². The zero-order valence-electron chi connectivity index (χ0n) is 12.9. The first-order chi connectivity index (χ1) is 11.2. The highest BCUT2D eigenvalue weighted by atomic mass is 16.5. The van der Waals surface area contributed by atoms with E-state index in [9.17, 15) is 9.90 Å². The topological polar surface area (TPSA) is 80.2 Å². The van der Waals surface area contributed by atoms with Crippen molar-refractivity contribution in [3.8, 4) is 11.5 Å². The van der Waals surface area contributed by atoms with Crippen LogP contribution >= 0.6 is 0 Å². The molecule has 0 aliphatic rings. The number of hydrazone groups is 1. The summed E-state index contributed by atoms with van der Waals surface area (Å²) in [6, 6.07) is 13.9. The van der Waals surface area contributed by atoms with Crippen LogP contribution in [0.4, 0.5) is 0 Å². The molecule has 6 heteroatoms. The number of hydrogen-bond donors (Lipinski definition) is 2. The van der Waals surface area contributed by atoms with E-state index in [4.69, 9.17) is 9.47 Å². The fraction of sp³-hybridized carbons (Fsp3) is 0.176. The minimum absolute atomic E-state index is 0.0391. The number of aromatic hydroxyl groups is 1. The van der Waals surface area contributed by atoms with E-state index in [0.717, 1.165) is 5.56 Å². The van der Waals surface area contributed by atoms with Gasteiger partial charge in [-0.15, -0.1) is 0 Å². The number of nitrogens with zero attached hydrogens (tertiary/aromatic N) is 1. The van der Waals surface area contributed by atoms with Crippen LogP contribution in [0.2, 0.25) is 0 Å². The number of carbonyl (C=O) groups excluding carboxylic acids is 1.